The monoisotopic (exact) mass is 543 g/mol. The minimum atomic E-state index is -0.973. The molecule has 3 aromatic carbocycles. The molecule has 0 saturated carbocycles. The number of hydrogen-bond acceptors (Lipinski definition) is 7. The molecule has 8 heteroatoms. The van der Waals surface area contributed by atoms with Crippen molar-refractivity contribution in [1.82, 2.24) is 0 Å². The average Bonchev–Trinajstić information content (AvgIpc) is 3.21. The fourth-order valence-electron chi connectivity index (χ4n) is 4.52. The number of aliphatic hydroxyl groups excluding tert-OH is 1. The summed E-state index contributed by atoms with van der Waals surface area (Å²) in [6.45, 7) is 6.19. The van der Waals surface area contributed by atoms with Crippen molar-refractivity contribution in [1.29, 1.82) is 0 Å². The number of carbonyl (C=O) groups is 3. The number of phenols is 1. The predicted molar refractivity (Wildman–Crippen MR) is 151 cm³/mol. The highest BCUT2D eigenvalue weighted by molar-refractivity contribution is 6.51. The molecule has 1 heterocycles. The highest BCUT2D eigenvalue weighted by Gasteiger charge is 2.47. The van der Waals surface area contributed by atoms with Gasteiger partial charge in [0.25, 0.3) is 11.7 Å². The van der Waals surface area contributed by atoms with E-state index in [1.807, 2.05) is 0 Å². The van der Waals surface area contributed by atoms with E-state index in [2.05, 4.69) is 6.92 Å². The second-order valence-corrected chi connectivity index (χ2v) is 9.84. The van der Waals surface area contributed by atoms with Gasteiger partial charge in [0.05, 0.1) is 29.9 Å². The van der Waals surface area contributed by atoms with Gasteiger partial charge in [-0.1, -0.05) is 31.9 Å². The lowest BCUT2D eigenvalue weighted by molar-refractivity contribution is -0.132. The van der Waals surface area contributed by atoms with Gasteiger partial charge in [-0.25, -0.2) is 4.79 Å². The van der Waals surface area contributed by atoms with E-state index in [9.17, 15) is 24.6 Å². The maximum atomic E-state index is 13.4. The molecule has 0 bridgehead atoms. The van der Waals surface area contributed by atoms with Gasteiger partial charge in [-0.15, -0.1) is 0 Å². The van der Waals surface area contributed by atoms with Crippen LogP contribution < -0.4 is 9.64 Å². The highest BCUT2D eigenvalue weighted by Crippen LogP contribution is 2.42. The van der Waals surface area contributed by atoms with Gasteiger partial charge in [0.1, 0.15) is 17.3 Å². The molecule has 1 aliphatic rings. The van der Waals surface area contributed by atoms with Crippen LogP contribution in [-0.2, 0) is 14.3 Å². The van der Waals surface area contributed by atoms with Gasteiger partial charge < -0.3 is 19.7 Å². The van der Waals surface area contributed by atoms with Crippen molar-refractivity contribution in [2.75, 3.05) is 11.5 Å². The van der Waals surface area contributed by atoms with Gasteiger partial charge in [0, 0.05) is 11.3 Å². The zero-order valence-electron chi connectivity index (χ0n) is 22.8. The molecule has 8 nitrogen and oxygen atoms in total. The van der Waals surface area contributed by atoms with Crippen LogP contribution in [0.15, 0.2) is 78.4 Å². The second kappa shape index (κ2) is 12.5. The van der Waals surface area contributed by atoms with E-state index in [1.165, 1.54) is 29.2 Å². The molecule has 40 heavy (non-hydrogen) atoms. The first-order valence-corrected chi connectivity index (χ1v) is 13.4. The van der Waals surface area contributed by atoms with Crippen LogP contribution in [0.25, 0.3) is 5.76 Å². The molecule has 1 saturated heterocycles. The van der Waals surface area contributed by atoms with Gasteiger partial charge in [0.2, 0.25) is 0 Å². The van der Waals surface area contributed by atoms with E-state index in [1.54, 1.807) is 62.4 Å². The van der Waals surface area contributed by atoms with Crippen LogP contribution in [0.3, 0.4) is 0 Å². The van der Waals surface area contributed by atoms with E-state index >= 15 is 0 Å². The molecule has 0 radical (unpaired) electrons. The Hall–Kier alpha value is -4.59. The molecular formula is C32H33NO7. The smallest absolute Gasteiger partial charge is 0.338 e. The maximum absolute atomic E-state index is 13.4. The first-order chi connectivity index (χ1) is 19.2. The van der Waals surface area contributed by atoms with Gasteiger partial charge >= 0.3 is 5.97 Å². The summed E-state index contributed by atoms with van der Waals surface area (Å²) in [5.41, 5.74) is 1.44. The average molecular weight is 544 g/mol. The largest absolute Gasteiger partial charge is 0.508 e. The number of rotatable bonds is 10. The zero-order valence-corrected chi connectivity index (χ0v) is 22.8. The molecule has 1 amide bonds. The Morgan fingerprint density at radius 3 is 2.12 bits per heavy atom. The first-order valence-electron chi connectivity index (χ1n) is 13.4. The Bertz CT molecular complexity index is 1390. The fourth-order valence-corrected chi connectivity index (χ4v) is 4.52. The lowest BCUT2D eigenvalue weighted by atomic mass is 9.95. The van der Waals surface area contributed by atoms with E-state index in [4.69, 9.17) is 9.47 Å². The number of Topliss-reactive ketones (excluding diaryl/α,β-unsaturated/α-hetero) is 1. The number of nitrogens with zero attached hydrogens (tertiary/aromatic N) is 1. The maximum Gasteiger partial charge on any atom is 0.338 e. The van der Waals surface area contributed by atoms with Gasteiger partial charge in [-0.3, -0.25) is 14.5 Å². The number of esters is 1. The van der Waals surface area contributed by atoms with Gasteiger partial charge in [0.15, 0.2) is 0 Å². The summed E-state index contributed by atoms with van der Waals surface area (Å²) >= 11 is 0. The third-order valence-electron chi connectivity index (χ3n) is 6.52. The van der Waals surface area contributed by atoms with Crippen LogP contribution in [0.5, 0.6) is 11.5 Å². The van der Waals surface area contributed by atoms with E-state index < -0.39 is 23.7 Å². The highest BCUT2D eigenvalue weighted by atomic mass is 16.5. The number of anilines is 1. The second-order valence-electron chi connectivity index (χ2n) is 9.84. The molecule has 0 aromatic heterocycles. The molecule has 1 fully saturated rings. The van der Waals surface area contributed by atoms with Gasteiger partial charge in [-0.05, 0) is 86.5 Å². The van der Waals surface area contributed by atoms with Crippen molar-refractivity contribution in [3.8, 4) is 11.5 Å². The van der Waals surface area contributed by atoms with Crippen LogP contribution >= 0.6 is 0 Å². The molecule has 0 spiro atoms. The topological polar surface area (TPSA) is 113 Å². The molecule has 1 atom stereocenters. The van der Waals surface area contributed by atoms with Crippen LogP contribution in [0.2, 0.25) is 0 Å². The summed E-state index contributed by atoms with van der Waals surface area (Å²) in [7, 11) is 0. The molecular weight excluding hydrogens is 510 g/mol. The van der Waals surface area contributed by atoms with E-state index in [0.29, 0.717) is 34.7 Å². The summed E-state index contributed by atoms with van der Waals surface area (Å²) < 4.78 is 11.0. The van der Waals surface area contributed by atoms with Crippen LogP contribution in [0, 0.1) is 0 Å². The Morgan fingerprint density at radius 1 is 0.900 bits per heavy atom. The van der Waals surface area contributed by atoms with Crippen molar-refractivity contribution in [2.45, 2.75) is 52.2 Å². The zero-order chi connectivity index (χ0) is 28.8. The Balaban J connectivity index is 1.72. The van der Waals surface area contributed by atoms with Crippen LogP contribution in [0.1, 0.15) is 67.6 Å². The quantitative estimate of drug-likeness (QED) is 0.104. The standard InChI is InChI=1S/C32H33NO7/c1-4-5-6-19-39-26-17-11-22(12-18-26)29(35)27-28(21-9-15-25(34)16-10-21)33(31(37)30(27)36)24-13-7-23(8-14-24)32(38)40-20(2)3/h7-18,20,28,34-35H,4-6,19H2,1-3H3/b29-27+. The van der Waals surface area contributed by atoms with E-state index in [0.717, 1.165) is 19.3 Å². The fraction of sp³-hybridized carbons (Fsp3) is 0.281. The Kier molecular flexibility index (Phi) is 8.89. The molecule has 3 aromatic rings. The number of ether oxygens (including phenoxy) is 2. The van der Waals surface area contributed by atoms with Crippen molar-refractivity contribution >= 4 is 29.1 Å². The number of phenolic OH excluding ortho intramolecular Hbond substituents is 1. The Morgan fingerprint density at radius 2 is 1.52 bits per heavy atom. The number of carbonyl (C=O) groups excluding carboxylic acids is 3. The van der Waals surface area contributed by atoms with Crippen molar-refractivity contribution in [3.63, 3.8) is 0 Å². The summed E-state index contributed by atoms with van der Waals surface area (Å²) in [5.74, 6) is -1.85. The lowest BCUT2D eigenvalue weighted by Crippen LogP contribution is -2.29. The molecule has 1 aliphatic heterocycles. The van der Waals surface area contributed by atoms with Crippen LogP contribution in [0.4, 0.5) is 5.69 Å². The minimum Gasteiger partial charge on any atom is -0.508 e. The summed E-state index contributed by atoms with van der Waals surface area (Å²) in [5, 5.41) is 21.2. The van der Waals surface area contributed by atoms with Crippen molar-refractivity contribution < 1.29 is 34.1 Å². The first kappa shape index (κ1) is 28.4. The third-order valence-corrected chi connectivity index (χ3v) is 6.52. The number of benzene rings is 3. The number of hydrogen-bond donors (Lipinski definition) is 2. The van der Waals surface area contributed by atoms with Gasteiger partial charge in [-0.2, -0.15) is 0 Å². The summed E-state index contributed by atoms with van der Waals surface area (Å²) in [6, 6.07) is 18.0. The van der Waals surface area contributed by atoms with Crippen LogP contribution in [-0.4, -0.2) is 40.6 Å². The number of aliphatic hydroxyl groups is 1. The predicted octanol–water partition coefficient (Wildman–Crippen LogP) is 6.15. The number of aromatic hydroxyl groups is 1. The minimum absolute atomic E-state index is 0.0169. The SMILES string of the molecule is CCCCCOc1ccc(/C(O)=C2\C(=O)C(=O)N(c3ccc(C(=O)OC(C)C)cc3)C2c2ccc(O)cc2)cc1. The molecule has 4 rings (SSSR count). The van der Waals surface area contributed by atoms with Crippen molar-refractivity contribution in [3.05, 3.63) is 95.1 Å². The number of ketones is 1. The third kappa shape index (κ3) is 6.17. The number of amides is 1. The van der Waals surface area contributed by atoms with E-state index in [-0.39, 0.29) is 23.2 Å². The number of unbranched alkanes of at least 4 members (excludes halogenated alkanes) is 2. The van der Waals surface area contributed by atoms with Crippen molar-refractivity contribution in [2.24, 2.45) is 0 Å². The molecule has 208 valence electrons. The molecule has 0 aliphatic carbocycles. The summed E-state index contributed by atoms with van der Waals surface area (Å²) in [6.07, 6.45) is 2.81. The normalized spacial score (nSPS) is 16.4. The Labute approximate surface area is 233 Å². The molecule has 2 N–H and O–H groups in total. The summed E-state index contributed by atoms with van der Waals surface area (Å²) in [4.78, 5) is 40.3. The lowest BCUT2D eigenvalue weighted by Gasteiger charge is -2.25. The molecule has 1 unspecified atom stereocenters.